The molecule has 0 aliphatic heterocycles. The topological polar surface area (TPSA) is 79.4 Å². The van der Waals surface area contributed by atoms with Gasteiger partial charge in [0.1, 0.15) is 0 Å². The molecule has 0 aliphatic rings. The van der Waals surface area contributed by atoms with Crippen LogP contribution in [0.5, 0.6) is 0 Å². The van der Waals surface area contributed by atoms with E-state index in [-0.39, 0.29) is 10.8 Å². The average Bonchev–Trinajstić information content (AvgIpc) is 3.22. The predicted molar refractivity (Wildman–Crippen MR) is 132 cm³/mol. The smallest absolute Gasteiger partial charge is 0.264 e. The maximum atomic E-state index is 13.1. The molecule has 164 valence electrons. The fraction of sp³-hybridized carbons (Fsp3) is 0.130. The van der Waals surface area contributed by atoms with Gasteiger partial charge in [-0.25, -0.2) is 13.4 Å². The van der Waals surface area contributed by atoms with Gasteiger partial charge in [-0.3, -0.25) is 14.4 Å². The van der Waals surface area contributed by atoms with E-state index in [4.69, 9.17) is 0 Å². The summed E-state index contributed by atoms with van der Waals surface area (Å²) >= 11 is 3.01. The summed E-state index contributed by atoms with van der Waals surface area (Å²) in [6, 6.07) is 20.8. The number of hydrogen-bond donors (Lipinski definition) is 1. The van der Waals surface area contributed by atoms with Crippen LogP contribution in [0.4, 0.5) is 10.8 Å². The Morgan fingerprint density at radius 2 is 1.75 bits per heavy atom. The van der Waals surface area contributed by atoms with Gasteiger partial charge in [-0.15, -0.1) is 11.8 Å². The van der Waals surface area contributed by atoms with Gasteiger partial charge < -0.3 is 0 Å². The van der Waals surface area contributed by atoms with Crippen LogP contribution < -0.4 is 9.62 Å². The van der Waals surface area contributed by atoms with Crippen LogP contribution in [0.25, 0.3) is 10.2 Å². The highest BCUT2D eigenvalue weighted by molar-refractivity contribution is 7.98. The Balaban J connectivity index is 1.55. The number of sulfonamides is 1. The van der Waals surface area contributed by atoms with E-state index in [1.54, 1.807) is 43.0 Å². The molecule has 1 N–H and O–H groups in total. The lowest BCUT2D eigenvalue weighted by molar-refractivity contribution is 0.102. The number of carbonyl (C=O) groups excluding carboxylic acids is 1. The van der Waals surface area contributed by atoms with Crippen molar-refractivity contribution in [1.29, 1.82) is 0 Å². The summed E-state index contributed by atoms with van der Waals surface area (Å²) < 4.78 is 28.6. The number of para-hydroxylation sites is 2. The van der Waals surface area contributed by atoms with E-state index in [2.05, 4.69) is 10.3 Å². The van der Waals surface area contributed by atoms with Crippen LogP contribution in [0.15, 0.2) is 82.6 Å². The minimum Gasteiger partial charge on any atom is -0.298 e. The van der Waals surface area contributed by atoms with E-state index in [9.17, 15) is 13.2 Å². The number of carbonyl (C=O) groups is 1. The highest BCUT2D eigenvalue weighted by Crippen LogP contribution is 2.32. The highest BCUT2D eigenvalue weighted by Gasteiger charge is 2.23. The summed E-state index contributed by atoms with van der Waals surface area (Å²) in [5.41, 5.74) is 1.82. The first kappa shape index (κ1) is 22.3. The van der Waals surface area contributed by atoms with Gasteiger partial charge in [-0.2, -0.15) is 0 Å². The van der Waals surface area contributed by atoms with Gasteiger partial charge in [0.2, 0.25) is 0 Å². The van der Waals surface area contributed by atoms with Crippen LogP contribution in [0.2, 0.25) is 0 Å². The largest absolute Gasteiger partial charge is 0.298 e. The number of rotatable bonds is 7. The van der Waals surface area contributed by atoms with Gasteiger partial charge >= 0.3 is 0 Å². The lowest BCUT2D eigenvalue weighted by Crippen LogP contribution is -2.30. The molecule has 4 rings (SSSR count). The zero-order valence-corrected chi connectivity index (χ0v) is 19.9. The number of nitrogens with zero attached hydrogens (tertiary/aromatic N) is 2. The number of thioether (sulfide) groups is 1. The number of thiazole rings is 1. The predicted octanol–water partition coefficient (Wildman–Crippen LogP) is 5.49. The molecule has 0 aliphatic carbocycles. The van der Waals surface area contributed by atoms with Crippen LogP contribution in [0, 0.1) is 0 Å². The van der Waals surface area contributed by atoms with Crippen LogP contribution >= 0.6 is 23.1 Å². The number of amides is 1. The number of fused-ring (bicyclic) bond motifs is 1. The number of benzene rings is 3. The summed E-state index contributed by atoms with van der Waals surface area (Å²) in [4.78, 5) is 18.4. The Morgan fingerprint density at radius 1 is 1.03 bits per heavy atom. The van der Waals surface area contributed by atoms with E-state index >= 15 is 0 Å². The summed E-state index contributed by atoms with van der Waals surface area (Å²) in [5.74, 6) is -0.339. The van der Waals surface area contributed by atoms with E-state index in [1.165, 1.54) is 39.9 Å². The molecule has 0 radical (unpaired) electrons. The first-order valence-corrected chi connectivity index (χ1v) is 13.3. The first-order chi connectivity index (χ1) is 15.4. The molecule has 1 heterocycles. The third-order valence-electron chi connectivity index (χ3n) is 4.86. The molecule has 0 fully saturated rings. The molecule has 1 aromatic heterocycles. The Kier molecular flexibility index (Phi) is 6.50. The number of anilines is 2. The Bertz CT molecular complexity index is 1350. The van der Waals surface area contributed by atoms with Crippen molar-refractivity contribution < 1.29 is 13.2 Å². The minimum atomic E-state index is -3.74. The van der Waals surface area contributed by atoms with Gasteiger partial charge in [0.05, 0.1) is 20.8 Å². The summed E-state index contributed by atoms with van der Waals surface area (Å²) in [5, 5.41) is 3.32. The molecule has 3 aromatic carbocycles. The van der Waals surface area contributed by atoms with Gasteiger partial charge in [-0.05, 0) is 61.7 Å². The van der Waals surface area contributed by atoms with Gasteiger partial charge in [0, 0.05) is 17.0 Å². The van der Waals surface area contributed by atoms with Crippen molar-refractivity contribution in [2.24, 2.45) is 0 Å². The second-order valence-corrected chi connectivity index (χ2v) is 10.6. The van der Waals surface area contributed by atoms with E-state index in [0.29, 0.717) is 22.9 Å². The molecule has 0 saturated heterocycles. The fourth-order valence-electron chi connectivity index (χ4n) is 3.30. The first-order valence-electron chi connectivity index (χ1n) is 9.86. The maximum Gasteiger partial charge on any atom is 0.264 e. The second kappa shape index (κ2) is 9.32. The number of hydrogen-bond acceptors (Lipinski definition) is 6. The van der Waals surface area contributed by atoms with Crippen molar-refractivity contribution in [2.45, 2.75) is 16.7 Å². The van der Waals surface area contributed by atoms with Crippen molar-refractivity contribution in [3.05, 3.63) is 78.4 Å². The Hall–Kier alpha value is -2.88. The van der Waals surface area contributed by atoms with E-state index < -0.39 is 10.0 Å². The normalized spacial score (nSPS) is 11.4. The molecule has 9 heteroatoms. The molecule has 0 unspecified atom stereocenters. The van der Waals surface area contributed by atoms with Crippen molar-refractivity contribution >= 4 is 60.1 Å². The van der Waals surface area contributed by atoms with Crippen LogP contribution in [0.3, 0.4) is 0 Å². The van der Waals surface area contributed by atoms with Gasteiger partial charge in [-0.1, -0.05) is 35.6 Å². The molecule has 0 saturated carbocycles. The van der Waals surface area contributed by atoms with E-state index in [0.717, 1.165) is 15.1 Å². The van der Waals surface area contributed by atoms with Crippen LogP contribution in [-0.4, -0.2) is 32.1 Å². The number of nitrogens with one attached hydrogen (secondary N) is 1. The molecule has 0 bridgehead atoms. The maximum absolute atomic E-state index is 13.1. The van der Waals surface area contributed by atoms with Crippen molar-refractivity contribution in [2.75, 3.05) is 22.4 Å². The Morgan fingerprint density at radius 3 is 2.41 bits per heavy atom. The molecule has 4 aromatic rings. The molecular weight excluding hydrogens is 462 g/mol. The van der Waals surface area contributed by atoms with Gasteiger partial charge in [0.25, 0.3) is 15.9 Å². The molecule has 0 spiro atoms. The molecule has 6 nitrogen and oxygen atoms in total. The van der Waals surface area contributed by atoms with Crippen molar-refractivity contribution in [1.82, 2.24) is 4.98 Å². The third-order valence-corrected chi connectivity index (χ3v) is 8.48. The lowest BCUT2D eigenvalue weighted by atomic mass is 10.2. The van der Waals surface area contributed by atoms with Gasteiger partial charge in [0.15, 0.2) is 5.13 Å². The highest BCUT2D eigenvalue weighted by atomic mass is 32.2. The molecule has 1 amide bonds. The molecule has 32 heavy (non-hydrogen) atoms. The standard InChI is InChI=1S/C23H21N3O3S3/c1-3-26(17-8-5-4-6-9-17)32(28,29)18-14-12-16(13-15-18)22(27)25-23-24-21-19(30-2)10-7-11-20(21)31-23/h4-15H,3H2,1-2H3,(H,24,25,27). The second-order valence-electron chi connectivity index (χ2n) is 6.81. The fourth-order valence-corrected chi connectivity index (χ4v) is 6.29. The lowest BCUT2D eigenvalue weighted by Gasteiger charge is -2.22. The van der Waals surface area contributed by atoms with Crippen LogP contribution in [-0.2, 0) is 10.0 Å². The molecule has 0 atom stereocenters. The zero-order valence-electron chi connectivity index (χ0n) is 17.5. The minimum absolute atomic E-state index is 0.129. The van der Waals surface area contributed by atoms with Crippen molar-refractivity contribution in [3.63, 3.8) is 0 Å². The summed E-state index contributed by atoms with van der Waals surface area (Å²) in [7, 11) is -3.74. The SMILES string of the molecule is CCN(c1ccccc1)S(=O)(=O)c1ccc(C(=O)Nc2nc3c(SC)cccc3s2)cc1. The molecular formula is C23H21N3O3S3. The number of aromatic nitrogens is 1. The quantitative estimate of drug-likeness (QED) is 0.352. The summed E-state index contributed by atoms with van der Waals surface area (Å²) in [6.45, 7) is 2.08. The van der Waals surface area contributed by atoms with E-state index in [1.807, 2.05) is 30.5 Å². The van der Waals surface area contributed by atoms with Crippen LogP contribution in [0.1, 0.15) is 17.3 Å². The van der Waals surface area contributed by atoms with Crippen molar-refractivity contribution in [3.8, 4) is 0 Å². The zero-order chi connectivity index (χ0) is 22.7. The monoisotopic (exact) mass is 483 g/mol. The summed E-state index contributed by atoms with van der Waals surface area (Å²) in [6.07, 6.45) is 1.99. The Labute approximate surface area is 195 Å². The average molecular weight is 484 g/mol. The third kappa shape index (κ3) is 4.36.